The second-order valence-corrected chi connectivity index (χ2v) is 4.51. The molecule has 1 aliphatic heterocycles. The van der Waals surface area contributed by atoms with Crippen molar-refractivity contribution in [1.82, 2.24) is 9.97 Å². The van der Waals surface area contributed by atoms with Crippen molar-refractivity contribution in [2.75, 3.05) is 45.4 Å². The topological polar surface area (TPSA) is 56.7 Å². The molecule has 1 aliphatic rings. The van der Waals surface area contributed by atoms with E-state index in [0.29, 0.717) is 23.6 Å². The average molecular weight is 267 g/mol. The molecule has 0 aromatic carbocycles. The molecule has 106 valence electrons. The Balaban J connectivity index is 2.05. The van der Waals surface area contributed by atoms with Gasteiger partial charge in [0, 0.05) is 25.6 Å². The highest BCUT2D eigenvalue weighted by Crippen LogP contribution is 2.25. The minimum Gasteiger partial charge on any atom is -0.481 e. The van der Waals surface area contributed by atoms with Gasteiger partial charge in [-0.2, -0.15) is 9.97 Å². The van der Waals surface area contributed by atoms with Crippen LogP contribution in [0.2, 0.25) is 0 Å². The Kier molecular flexibility index (Phi) is 4.79. The van der Waals surface area contributed by atoms with Crippen LogP contribution >= 0.6 is 0 Å². The van der Waals surface area contributed by atoms with Crippen LogP contribution < -0.4 is 14.4 Å². The number of hydrogen-bond donors (Lipinski definition) is 0. The van der Waals surface area contributed by atoms with Crippen LogP contribution in [0.4, 0.5) is 5.95 Å². The summed E-state index contributed by atoms with van der Waals surface area (Å²) >= 11 is 0. The van der Waals surface area contributed by atoms with Gasteiger partial charge in [-0.3, -0.25) is 0 Å². The van der Waals surface area contributed by atoms with Crippen LogP contribution in [0.5, 0.6) is 11.8 Å². The molecule has 19 heavy (non-hydrogen) atoms. The standard InChI is InChI=1S/C13H21N3O3/c1-4-19-9-10-5-6-16(8-10)13-14-11(17-2)7-12(15-13)18-3/h7,10H,4-6,8-9H2,1-3H3. The third-order valence-corrected chi connectivity index (χ3v) is 3.21. The highest BCUT2D eigenvalue weighted by molar-refractivity contribution is 5.37. The molecule has 2 rings (SSSR count). The Morgan fingerprint density at radius 3 is 2.53 bits per heavy atom. The van der Waals surface area contributed by atoms with E-state index < -0.39 is 0 Å². The summed E-state index contributed by atoms with van der Waals surface area (Å²) < 4.78 is 15.8. The van der Waals surface area contributed by atoms with Gasteiger partial charge in [0.2, 0.25) is 17.7 Å². The van der Waals surface area contributed by atoms with E-state index in [1.54, 1.807) is 20.3 Å². The van der Waals surface area contributed by atoms with Crippen LogP contribution in [-0.2, 0) is 4.74 Å². The molecule has 0 bridgehead atoms. The molecule has 1 atom stereocenters. The van der Waals surface area contributed by atoms with E-state index in [-0.39, 0.29) is 0 Å². The molecule has 0 radical (unpaired) electrons. The SMILES string of the molecule is CCOCC1CCN(c2nc(OC)cc(OC)n2)C1. The van der Waals surface area contributed by atoms with Gasteiger partial charge >= 0.3 is 0 Å². The number of anilines is 1. The molecule has 1 fully saturated rings. The third kappa shape index (κ3) is 3.47. The molecule has 1 unspecified atom stereocenters. The summed E-state index contributed by atoms with van der Waals surface area (Å²) in [4.78, 5) is 10.9. The highest BCUT2D eigenvalue weighted by atomic mass is 16.5. The number of hydrogen-bond acceptors (Lipinski definition) is 6. The maximum Gasteiger partial charge on any atom is 0.231 e. The molecule has 6 heteroatoms. The molecule has 1 aromatic heterocycles. The van der Waals surface area contributed by atoms with Crippen molar-refractivity contribution >= 4 is 5.95 Å². The van der Waals surface area contributed by atoms with Gasteiger partial charge in [-0.15, -0.1) is 0 Å². The fourth-order valence-corrected chi connectivity index (χ4v) is 2.18. The van der Waals surface area contributed by atoms with E-state index in [9.17, 15) is 0 Å². The lowest BCUT2D eigenvalue weighted by molar-refractivity contribution is 0.117. The molecule has 0 amide bonds. The van der Waals surface area contributed by atoms with Crippen LogP contribution in [0.3, 0.4) is 0 Å². The number of nitrogens with zero attached hydrogens (tertiary/aromatic N) is 3. The zero-order valence-corrected chi connectivity index (χ0v) is 11.8. The fraction of sp³-hybridized carbons (Fsp3) is 0.692. The van der Waals surface area contributed by atoms with Gasteiger partial charge in [-0.1, -0.05) is 0 Å². The Bertz CT molecular complexity index is 392. The van der Waals surface area contributed by atoms with Gasteiger partial charge in [0.15, 0.2) is 0 Å². The molecule has 1 saturated heterocycles. The first-order chi connectivity index (χ1) is 9.26. The monoisotopic (exact) mass is 267 g/mol. The van der Waals surface area contributed by atoms with Gasteiger partial charge < -0.3 is 19.1 Å². The van der Waals surface area contributed by atoms with Crippen LogP contribution in [0.25, 0.3) is 0 Å². The van der Waals surface area contributed by atoms with E-state index in [2.05, 4.69) is 14.9 Å². The quantitative estimate of drug-likeness (QED) is 0.775. The summed E-state index contributed by atoms with van der Waals surface area (Å²) in [6.07, 6.45) is 1.10. The van der Waals surface area contributed by atoms with Crippen LogP contribution in [0.15, 0.2) is 6.07 Å². The molecule has 0 N–H and O–H groups in total. The smallest absolute Gasteiger partial charge is 0.231 e. The van der Waals surface area contributed by atoms with E-state index in [1.165, 1.54) is 0 Å². The maximum absolute atomic E-state index is 5.47. The summed E-state index contributed by atoms with van der Waals surface area (Å²) in [6, 6.07) is 1.68. The first kappa shape index (κ1) is 13.9. The number of aromatic nitrogens is 2. The minimum atomic E-state index is 0.523. The molecule has 2 heterocycles. The van der Waals surface area contributed by atoms with Gasteiger partial charge in [-0.25, -0.2) is 0 Å². The van der Waals surface area contributed by atoms with Crippen LogP contribution in [0, 0.1) is 5.92 Å². The van der Waals surface area contributed by atoms with E-state index in [0.717, 1.165) is 32.7 Å². The van der Waals surface area contributed by atoms with Gasteiger partial charge in [0.05, 0.1) is 26.9 Å². The zero-order chi connectivity index (χ0) is 13.7. The summed E-state index contributed by atoms with van der Waals surface area (Å²) in [7, 11) is 3.18. The number of ether oxygens (including phenoxy) is 3. The molecule has 1 aromatic rings. The molecular weight excluding hydrogens is 246 g/mol. The largest absolute Gasteiger partial charge is 0.481 e. The summed E-state index contributed by atoms with van der Waals surface area (Å²) in [6.45, 7) is 5.43. The molecule has 0 aliphatic carbocycles. The lowest BCUT2D eigenvalue weighted by Gasteiger charge is -2.17. The first-order valence-electron chi connectivity index (χ1n) is 6.56. The highest BCUT2D eigenvalue weighted by Gasteiger charge is 2.25. The van der Waals surface area contributed by atoms with Crippen LogP contribution in [0.1, 0.15) is 13.3 Å². The van der Waals surface area contributed by atoms with Crippen molar-refractivity contribution in [2.24, 2.45) is 5.92 Å². The Morgan fingerprint density at radius 2 is 1.95 bits per heavy atom. The van der Waals surface area contributed by atoms with Gasteiger partial charge in [0.25, 0.3) is 0 Å². The lowest BCUT2D eigenvalue weighted by atomic mass is 10.1. The minimum absolute atomic E-state index is 0.523. The summed E-state index contributed by atoms with van der Waals surface area (Å²) in [5.74, 6) is 2.25. The van der Waals surface area contributed by atoms with Crippen molar-refractivity contribution in [3.63, 3.8) is 0 Å². The van der Waals surface area contributed by atoms with Crippen molar-refractivity contribution in [1.29, 1.82) is 0 Å². The van der Waals surface area contributed by atoms with E-state index in [1.807, 2.05) is 6.92 Å². The zero-order valence-electron chi connectivity index (χ0n) is 11.8. The van der Waals surface area contributed by atoms with Crippen LogP contribution in [-0.4, -0.2) is 50.5 Å². The number of rotatable bonds is 6. The predicted octanol–water partition coefficient (Wildman–Crippen LogP) is 1.36. The predicted molar refractivity (Wildman–Crippen MR) is 71.9 cm³/mol. The van der Waals surface area contributed by atoms with Crippen molar-refractivity contribution < 1.29 is 14.2 Å². The van der Waals surface area contributed by atoms with Crippen molar-refractivity contribution in [3.8, 4) is 11.8 Å². The maximum atomic E-state index is 5.47. The van der Waals surface area contributed by atoms with E-state index >= 15 is 0 Å². The van der Waals surface area contributed by atoms with Crippen molar-refractivity contribution in [3.05, 3.63) is 6.07 Å². The van der Waals surface area contributed by atoms with Crippen molar-refractivity contribution in [2.45, 2.75) is 13.3 Å². The molecule has 0 saturated carbocycles. The first-order valence-corrected chi connectivity index (χ1v) is 6.56. The third-order valence-electron chi connectivity index (χ3n) is 3.21. The molecular formula is C13H21N3O3. The molecule has 6 nitrogen and oxygen atoms in total. The van der Waals surface area contributed by atoms with E-state index in [4.69, 9.17) is 14.2 Å². The average Bonchev–Trinajstić information content (AvgIpc) is 2.93. The Hall–Kier alpha value is -1.56. The second kappa shape index (κ2) is 6.56. The second-order valence-electron chi connectivity index (χ2n) is 4.51. The summed E-state index contributed by atoms with van der Waals surface area (Å²) in [5.41, 5.74) is 0. The van der Waals surface area contributed by atoms with Gasteiger partial charge in [-0.05, 0) is 13.3 Å². The summed E-state index contributed by atoms with van der Waals surface area (Å²) in [5, 5.41) is 0. The fourth-order valence-electron chi connectivity index (χ4n) is 2.18. The molecule has 0 spiro atoms. The number of methoxy groups -OCH3 is 2. The Morgan fingerprint density at radius 1 is 1.26 bits per heavy atom. The lowest BCUT2D eigenvalue weighted by Crippen LogP contribution is -2.23. The van der Waals surface area contributed by atoms with Gasteiger partial charge in [0.1, 0.15) is 0 Å². The Labute approximate surface area is 113 Å². The normalized spacial score (nSPS) is 18.7.